The molecule has 270 valence electrons. The highest BCUT2D eigenvalue weighted by Gasteiger charge is 2.21. The standard InChI is InChI=1S/C56H35NO/c1-3-15-37(16-4-1)53-44-20-7-9-22-46(44)54(47-23-10-8-21-45(47)53)38-29-27-36(28-30-38)41-33-34-52-56(48-24-12-14-26-51(48)58-52)55(41)39-31-32-43-42-19-11-13-25-49(42)57(50(43)35-39)40-17-5-2-6-18-40/h1-35H. The molecule has 0 aliphatic carbocycles. The summed E-state index contributed by atoms with van der Waals surface area (Å²) in [5.41, 5.74) is 14.9. The zero-order valence-corrected chi connectivity index (χ0v) is 31.6. The van der Waals surface area contributed by atoms with Gasteiger partial charge in [0.2, 0.25) is 0 Å². The van der Waals surface area contributed by atoms with Crippen LogP contribution in [0.3, 0.4) is 0 Å². The molecule has 0 amide bonds. The molecule has 0 saturated carbocycles. The predicted octanol–water partition coefficient (Wildman–Crippen LogP) is 15.7. The van der Waals surface area contributed by atoms with Crippen LogP contribution in [0.4, 0.5) is 0 Å². The second-order valence-corrected chi connectivity index (χ2v) is 15.2. The summed E-state index contributed by atoms with van der Waals surface area (Å²) in [5, 5.41) is 9.74. The monoisotopic (exact) mass is 737 g/mol. The van der Waals surface area contributed by atoms with Gasteiger partial charge in [-0.1, -0.05) is 176 Å². The van der Waals surface area contributed by atoms with Crippen molar-refractivity contribution in [3.8, 4) is 50.2 Å². The van der Waals surface area contributed by atoms with Gasteiger partial charge in [0.1, 0.15) is 11.2 Å². The lowest BCUT2D eigenvalue weighted by Gasteiger charge is -2.18. The molecule has 58 heavy (non-hydrogen) atoms. The lowest BCUT2D eigenvalue weighted by molar-refractivity contribution is 0.669. The molecule has 2 aromatic heterocycles. The smallest absolute Gasteiger partial charge is 0.136 e. The minimum absolute atomic E-state index is 0.886. The molecule has 10 aromatic carbocycles. The minimum Gasteiger partial charge on any atom is -0.456 e. The van der Waals surface area contributed by atoms with Crippen LogP contribution >= 0.6 is 0 Å². The van der Waals surface area contributed by atoms with Gasteiger partial charge in [-0.15, -0.1) is 0 Å². The summed E-state index contributed by atoms with van der Waals surface area (Å²) in [6.45, 7) is 0. The molecule has 2 heteroatoms. The van der Waals surface area contributed by atoms with E-state index in [1.54, 1.807) is 0 Å². The third-order valence-electron chi connectivity index (χ3n) is 12.0. The summed E-state index contributed by atoms with van der Waals surface area (Å²) in [7, 11) is 0. The van der Waals surface area contributed by atoms with Gasteiger partial charge in [-0.05, 0) is 96.9 Å². The lowest BCUT2D eigenvalue weighted by Crippen LogP contribution is -1.94. The van der Waals surface area contributed by atoms with Crippen molar-refractivity contribution in [1.29, 1.82) is 0 Å². The summed E-state index contributed by atoms with van der Waals surface area (Å²) in [4.78, 5) is 0. The Morgan fingerprint density at radius 3 is 1.47 bits per heavy atom. The Morgan fingerprint density at radius 1 is 0.293 bits per heavy atom. The summed E-state index contributed by atoms with van der Waals surface area (Å²) in [6.07, 6.45) is 0. The van der Waals surface area contributed by atoms with E-state index >= 15 is 0 Å². The third-order valence-corrected chi connectivity index (χ3v) is 12.0. The van der Waals surface area contributed by atoms with Crippen LogP contribution in [0.1, 0.15) is 0 Å². The maximum absolute atomic E-state index is 6.53. The topological polar surface area (TPSA) is 18.1 Å². The van der Waals surface area contributed by atoms with Crippen LogP contribution in [0.15, 0.2) is 217 Å². The average Bonchev–Trinajstić information content (AvgIpc) is 3.84. The zero-order valence-electron chi connectivity index (χ0n) is 31.6. The molecular formula is C56H35NO. The summed E-state index contributed by atoms with van der Waals surface area (Å²) >= 11 is 0. The number of nitrogens with zero attached hydrogens (tertiary/aromatic N) is 1. The van der Waals surface area contributed by atoms with Crippen molar-refractivity contribution in [3.63, 3.8) is 0 Å². The number of benzene rings is 10. The van der Waals surface area contributed by atoms with E-state index in [1.165, 1.54) is 76.7 Å². The summed E-state index contributed by atoms with van der Waals surface area (Å²) < 4.78 is 8.93. The van der Waals surface area contributed by atoms with Crippen molar-refractivity contribution in [2.45, 2.75) is 0 Å². The van der Waals surface area contributed by atoms with Crippen LogP contribution in [-0.2, 0) is 0 Å². The molecular weight excluding hydrogens is 703 g/mol. The molecule has 0 aliphatic rings. The van der Waals surface area contributed by atoms with Crippen molar-refractivity contribution in [1.82, 2.24) is 4.57 Å². The first-order valence-corrected chi connectivity index (χ1v) is 19.9. The number of para-hydroxylation sites is 3. The maximum atomic E-state index is 6.53. The van der Waals surface area contributed by atoms with Gasteiger partial charge in [-0.2, -0.15) is 0 Å². The molecule has 0 atom stereocenters. The molecule has 0 bridgehead atoms. The Bertz CT molecular complexity index is 3480. The number of rotatable bonds is 5. The molecule has 0 spiro atoms. The highest BCUT2D eigenvalue weighted by molar-refractivity contribution is 6.22. The van der Waals surface area contributed by atoms with E-state index in [2.05, 4.69) is 211 Å². The van der Waals surface area contributed by atoms with Crippen LogP contribution in [0.2, 0.25) is 0 Å². The van der Waals surface area contributed by atoms with Crippen LogP contribution in [-0.4, -0.2) is 4.57 Å². The fourth-order valence-electron chi connectivity index (χ4n) is 9.51. The Morgan fingerprint density at radius 2 is 0.793 bits per heavy atom. The van der Waals surface area contributed by atoms with E-state index < -0.39 is 0 Å². The first-order chi connectivity index (χ1) is 28.8. The first kappa shape index (κ1) is 32.6. The van der Waals surface area contributed by atoms with Gasteiger partial charge in [0.15, 0.2) is 0 Å². The van der Waals surface area contributed by atoms with Crippen LogP contribution in [0.5, 0.6) is 0 Å². The normalized spacial score (nSPS) is 11.8. The first-order valence-electron chi connectivity index (χ1n) is 19.9. The number of aromatic nitrogens is 1. The quantitative estimate of drug-likeness (QED) is 0.161. The number of fused-ring (bicyclic) bond motifs is 8. The molecule has 0 N–H and O–H groups in total. The fraction of sp³-hybridized carbons (Fsp3) is 0. The van der Waals surface area contributed by atoms with Crippen LogP contribution < -0.4 is 0 Å². The van der Waals surface area contributed by atoms with Gasteiger partial charge in [0, 0.05) is 32.8 Å². The fourth-order valence-corrected chi connectivity index (χ4v) is 9.51. The van der Waals surface area contributed by atoms with Crippen molar-refractivity contribution >= 4 is 65.3 Å². The van der Waals surface area contributed by atoms with E-state index in [9.17, 15) is 0 Å². The highest BCUT2D eigenvalue weighted by Crippen LogP contribution is 2.47. The maximum Gasteiger partial charge on any atom is 0.136 e. The molecule has 0 fully saturated rings. The van der Waals surface area contributed by atoms with Gasteiger partial charge in [-0.25, -0.2) is 0 Å². The number of hydrogen-bond donors (Lipinski definition) is 0. The lowest BCUT2D eigenvalue weighted by atomic mass is 9.85. The Kier molecular flexibility index (Phi) is 7.26. The van der Waals surface area contributed by atoms with E-state index in [-0.39, 0.29) is 0 Å². The molecule has 12 rings (SSSR count). The van der Waals surface area contributed by atoms with Gasteiger partial charge >= 0.3 is 0 Å². The van der Waals surface area contributed by atoms with Gasteiger partial charge in [0.05, 0.1) is 11.0 Å². The Hall–Kier alpha value is -7.68. The van der Waals surface area contributed by atoms with Crippen molar-refractivity contribution in [2.75, 3.05) is 0 Å². The molecule has 0 unspecified atom stereocenters. The van der Waals surface area contributed by atoms with Gasteiger partial charge in [-0.3, -0.25) is 0 Å². The average molecular weight is 738 g/mol. The van der Waals surface area contributed by atoms with E-state index in [1.807, 2.05) is 6.07 Å². The summed E-state index contributed by atoms with van der Waals surface area (Å²) in [6, 6.07) is 76.9. The molecule has 0 aliphatic heterocycles. The van der Waals surface area contributed by atoms with Crippen molar-refractivity contribution in [2.24, 2.45) is 0 Å². The van der Waals surface area contributed by atoms with E-state index in [0.717, 1.165) is 38.8 Å². The molecule has 0 radical (unpaired) electrons. The molecule has 0 saturated heterocycles. The highest BCUT2D eigenvalue weighted by atomic mass is 16.3. The third kappa shape index (κ3) is 4.92. The number of hydrogen-bond acceptors (Lipinski definition) is 1. The SMILES string of the molecule is c1ccc(-c2c3ccccc3c(-c3ccc(-c4ccc5oc6ccccc6c5c4-c4ccc5c6ccccc6n(-c6ccccc6)c5c4)cc3)c3ccccc23)cc1. The van der Waals surface area contributed by atoms with Crippen molar-refractivity contribution < 1.29 is 4.42 Å². The molecule has 12 aromatic rings. The van der Waals surface area contributed by atoms with Gasteiger partial charge in [0.25, 0.3) is 0 Å². The van der Waals surface area contributed by atoms with Crippen LogP contribution in [0, 0.1) is 0 Å². The largest absolute Gasteiger partial charge is 0.456 e. The number of furan rings is 1. The second-order valence-electron chi connectivity index (χ2n) is 15.2. The summed E-state index contributed by atoms with van der Waals surface area (Å²) in [5.74, 6) is 0. The van der Waals surface area contributed by atoms with Gasteiger partial charge < -0.3 is 8.98 Å². The molecule has 2 nitrogen and oxygen atoms in total. The Labute approximate surface area is 335 Å². The van der Waals surface area contributed by atoms with Crippen molar-refractivity contribution in [3.05, 3.63) is 212 Å². The van der Waals surface area contributed by atoms with E-state index in [4.69, 9.17) is 4.42 Å². The van der Waals surface area contributed by atoms with E-state index in [0.29, 0.717) is 0 Å². The minimum atomic E-state index is 0.886. The van der Waals surface area contributed by atoms with Crippen LogP contribution in [0.25, 0.3) is 115 Å². The predicted molar refractivity (Wildman–Crippen MR) is 245 cm³/mol. The molecule has 2 heterocycles. The zero-order chi connectivity index (χ0) is 38.2. The Balaban J connectivity index is 1.09. The second kappa shape index (κ2) is 12.9.